The van der Waals surface area contributed by atoms with E-state index in [1.165, 1.54) is 0 Å². The van der Waals surface area contributed by atoms with E-state index in [0.717, 1.165) is 0 Å². The predicted octanol–water partition coefficient (Wildman–Crippen LogP) is 1.40. The fourth-order valence-corrected chi connectivity index (χ4v) is 1.94. The quantitative estimate of drug-likeness (QED) is 0.506. The molecule has 0 amide bonds. The molecule has 1 rings (SSSR count). The van der Waals surface area contributed by atoms with Crippen molar-refractivity contribution in [3.63, 3.8) is 0 Å². The van der Waals surface area contributed by atoms with Crippen LogP contribution < -0.4 is 10.5 Å². The van der Waals surface area contributed by atoms with Crippen molar-refractivity contribution in [2.75, 3.05) is 5.73 Å². The minimum atomic E-state index is -5.26. The normalized spacial score (nSPS) is 12.2. The highest BCUT2D eigenvalue weighted by atomic mass is 35.7. The van der Waals surface area contributed by atoms with Gasteiger partial charge in [-0.05, 0) is 0 Å². The minimum absolute atomic E-state index is 0.325. The van der Waals surface area contributed by atoms with Gasteiger partial charge in [-0.2, -0.15) is 0 Å². The molecule has 0 aliphatic carbocycles. The van der Waals surface area contributed by atoms with Gasteiger partial charge in [-0.3, -0.25) is 10.1 Å². The third-order valence-corrected chi connectivity index (χ3v) is 3.03. The summed E-state index contributed by atoms with van der Waals surface area (Å²) < 4.78 is 61.2. The highest BCUT2D eigenvalue weighted by Gasteiger charge is 2.38. The summed E-state index contributed by atoms with van der Waals surface area (Å²) >= 11 is 0. The zero-order valence-electron chi connectivity index (χ0n) is 8.51. The fraction of sp³-hybridized carbons (Fsp3) is 0.167. The van der Waals surface area contributed by atoms with Gasteiger partial charge in [0.05, 0.1) is 11.1 Å². The van der Waals surface area contributed by atoms with Crippen molar-refractivity contribution in [2.24, 2.45) is 0 Å². The van der Waals surface area contributed by atoms with Gasteiger partial charge in [0.1, 0.15) is 10.6 Å². The minimum Gasteiger partial charge on any atom is -0.392 e. The molecule has 1 heterocycles. The number of halogens is 4. The van der Waals surface area contributed by atoms with Crippen molar-refractivity contribution in [1.29, 1.82) is 0 Å². The summed E-state index contributed by atoms with van der Waals surface area (Å²) in [5.74, 6) is -1.49. The van der Waals surface area contributed by atoms with Crippen LogP contribution >= 0.6 is 10.7 Å². The first-order valence-corrected chi connectivity index (χ1v) is 6.37. The highest BCUT2D eigenvalue weighted by molar-refractivity contribution is 8.13. The summed E-state index contributed by atoms with van der Waals surface area (Å²) in [6, 6.07) is 0. The van der Waals surface area contributed by atoms with E-state index in [9.17, 15) is 31.7 Å². The zero-order valence-corrected chi connectivity index (χ0v) is 10.1. The van der Waals surface area contributed by atoms with Crippen molar-refractivity contribution in [1.82, 2.24) is 4.98 Å². The SMILES string of the molecule is Nc1c(S(=O)(=O)Cl)cnc(OC(F)(F)F)c1[N+](=O)[O-]. The Bertz CT molecular complexity index is 632. The fourth-order valence-electron chi connectivity index (χ4n) is 1.03. The Morgan fingerprint density at radius 2 is 2.00 bits per heavy atom. The van der Waals surface area contributed by atoms with Crippen molar-refractivity contribution >= 4 is 31.1 Å². The lowest BCUT2D eigenvalue weighted by Crippen LogP contribution is -2.19. The number of ether oxygens (including phenoxy) is 1. The van der Waals surface area contributed by atoms with E-state index in [1.807, 2.05) is 0 Å². The Hall–Kier alpha value is -1.82. The second kappa shape index (κ2) is 4.70. The van der Waals surface area contributed by atoms with Gasteiger partial charge in [-0.15, -0.1) is 13.2 Å². The van der Waals surface area contributed by atoms with Gasteiger partial charge in [-0.1, -0.05) is 0 Å². The first-order valence-electron chi connectivity index (χ1n) is 4.06. The molecule has 0 aliphatic rings. The van der Waals surface area contributed by atoms with Crippen LogP contribution in [0, 0.1) is 10.1 Å². The number of hydrogen-bond acceptors (Lipinski definition) is 7. The molecule has 1 aromatic rings. The Labute approximate surface area is 107 Å². The first kappa shape index (κ1) is 15.2. The first-order chi connectivity index (χ1) is 8.43. The number of pyridine rings is 1. The molecule has 106 valence electrons. The third-order valence-electron chi connectivity index (χ3n) is 1.68. The van der Waals surface area contributed by atoms with E-state index in [-0.39, 0.29) is 0 Å². The molecule has 0 fully saturated rings. The maximum absolute atomic E-state index is 12.0. The Morgan fingerprint density at radius 3 is 2.37 bits per heavy atom. The van der Waals surface area contributed by atoms with Gasteiger partial charge >= 0.3 is 17.9 Å². The lowest BCUT2D eigenvalue weighted by atomic mass is 10.3. The molecule has 0 aliphatic heterocycles. The number of anilines is 1. The Balaban J connectivity index is 3.54. The summed E-state index contributed by atoms with van der Waals surface area (Å²) in [5.41, 5.74) is 2.55. The maximum atomic E-state index is 12.0. The molecule has 0 atom stereocenters. The van der Waals surface area contributed by atoms with E-state index >= 15 is 0 Å². The third kappa shape index (κ3) is 3.57. The molecule has 19 heavy (non-hydrogen) atoms. The molecule has 2 N–H and O–H groups in total. The van der Waals surface area contributed by atoms with Crippen LogP contribution in [0.4, 0.5) is 24.5 Å². The van der Waals surface area contributed by atoms with Crippen LogP contribution in [0.2, 0.25) is 0 Å². The summed E-state index contributed by atoms with van der Waals surface area (Å²) in [6.07, 6.45) is -4.93. The van der Waals surface area contributed by atoms with Gasteiger partial charge in [0, 0.05) is 10.7 Å². The lowest BCUT2D eigenvalue weighted by molar-refractivity contribution is -0.388. The van der Waals surface area contributed by atoms with Crippen LogP contribution in [0.3, 0.4) is 0 Å². The standard InChI is InChI=1S/C6H3ClF3N3O5S/c7-19(16,17)2-1-12-5(18-6(8,9)10)4(3(2)11)13(14)15/h1H,(H2,11,12). The number of aromatic nitrogens is 1. The molecule has 1 aromatic heterocycles. The molecule has 8 nitrogen and oxygen atoms in total. The number of alkyl halides is 3. The van der Waals surface area contributed by atoms with Crippen LogP contribution in [0.25, 0.3) is 0 Å². The van der Waals surface area contributed by atoms with E-state index in [0.29, 0.717) is 6.20 Å². The molecule has 0 spiro atoms. The molecule has 0 bridgehead atoms. The monoisotopic (exact) mass is 321 g/mol. The number of hydrogen-bond donors (Lipinski definition) is 1. The summed E-state index contributed by atoms with van der Waals surface area (Å²) in [7, 11) is 0.386. The van der Waals surface area contributed by atoms with E-state index in [4.69, 9.17) is 16.4 Å². The molecule has 0 saturated heterocycles. The van der Waals surface area contributed by atoms with Crippen molar-refractivity contribution < 1.29 is 31.2 Å². The largest absolute Gasteiger partial charge is 0.574 e. The van der Waals surface area contributed by atoms with Crippen LogP contribution in [0.5, 0.6) is 5.88 Å². The number of rotatable bonds is 3. The second-order valence-corrected chi connectivity index (χ2v) is 5.47. The van der Waals surface area contributed by atoms with Gasteiger partial charge in [0.25, 0.3) is 9.05 Å². The Kier molecular flexibility index (Phi) is 3.77. The Morgan fingerprint density at radius 1 is 1.47 bits per heavy atom. The van der Waals surface area contributed by atoms with E-state index in [2.05, 4.69) is 9.72 Å². The number of nitrogens with two attached hydrogens (primary N) is 1. The van der Waals surface area contributed by atoms with Crippen LogP contribution in [0.15, 0.2) is 11.1 Å². The van der Waals surface area contributed by atoms with Gasteiger partial charge in [-0.25, -0.2) is 13.4 Å². The van der Waals surface area contributed by atoms with Crippen LogP contribution in [0.1, 0.15) is 0 Å². The summed E-state index contributed by atoms with van der Waals surface area (Å²) in [5, 5.41) is 10.6. The number of nitro groups is 1. The topological polar surface area (TPSA) is 125 Å². The van der Waals surface area contributed by atoms with Gasteiger partial charge in [0.2, 0.25) is 0 Å². The molecule has 0 aromatic carbocycles. The summed E-state index contributed by atoms with van der Waals surface area (Å²) in [6.45, 7) is 0. The zero-order chi connectivity index (χ0) is 15.0. The molecular weight excluding hydrogens is 319 g/mol. The van der Waals surface area contributed by atoms with Gasteiger partial charge in [0.15, 0.2) is 0 Å². The van der Waals surface area contributed by atoms with Crippen molar-refractivity contribution in [3.05, 3.63) is 16.3 Å². The number of nitrogens with zero attached hydrogens (tertiary/aromatic N) is 2. The van der Waals surface area contributed by atoms with Crippen LogP contribution in [-0.4, -0.2) is 24.7 Å². The van der Waals surface area contributed by atoms with Crippen molar-refractivity contribution in [2.45, 2.75) is 11.3 Å². The molecule has 0 saturated carbocycles. The maximum Gasteiger partial charge on any atom is 0.574 e. The van der Waals surface area contributed by atoms with E-state index < -0.39 is 42.5 Å². The number of nitrogen functional groups attached to an aromatic ring is 1. The molecule has 0 unspecified atom stereocenters. The van der Waals surface area contributed by atoms with E-state index in [1.54, 1.807) is 0 Å². The molecular formula is C6H3ClF3N3O5S. The molecule has 13 heteroatoms. The van der Waals surface area contributed by atoms with Crippen molar-refractivity contribution in [3.8, 4) is 5.88 Å². The summed E-state index contributed by atoms with van der Waals surface area (Å²) in [4.78, 5) is 11.1. The predicted molar refractivity (Wildman–Crippen MR) is 55.0 cm³/mol. The van der Waals surface area contributed by atoms with Gasteiger partial charge < -0.3 is 10.5 Å². The molecule has 0 radical (unpaired) electrons. The van der Waals surface area contributed by atoms with Crippen LogP contribution in [-0.2, 0) is 9.05 Å². The average molecular weight is 322 g/mol. The second-order valence-electron chi connectivity index (χ2n) is 2.93. The lowest BCUT2D eigenvalue weighted by Gasteiger charge is -2.10. The smallest absolute Gasteiger partial charge is 0.392 e. The highest BCUT2D eigenvalue weighted by Crippen LogP contribution is 2.38. The average Bonchev–Trinajstić information content (AvgIpc) is 2.11.